The molecule has 1 aromatic heterocycles. The monoisotopic (exact) mass is 345 g/mol. The average Bonchev–Trinajstić information content (AvgIpc) is 2.72. The van der Waals surface area contributed by atoms with Crippen molar-refractivity contribution >= 4 is 52.2 Å². The first-order chi connectivity index (χ1) is 9.88. The minimum atomic E-state index is -0.241. The summed E-state index contributed by atoms with van der Waals surface area (Å²) in [7, 11) is 1.84. The quantitative estimate of drug-likeness (QED) is 0.657. The lowest BCUT2D eigenvalue weighted by Crippen LogP contribution is -2.15. The van der Waals surface area contributed by atoms with Crippen molar-refractivity contribution in [3.05, 3.63) is 28.0 Å². The van der Waals surface area contributed by atoms with Gasteiger partial charge >= 0.3 is 0 Å². The zero-order valence-electron chi connectivity index (χ0n) is 11.4. The highest BCUT2D eigenvalue weighted by atomic mass is 35.5. The van der Waals surface area contributed by atoms with Crippen molar-refractivity contribution in [2.24, 2.45) is 7.05 Å². The molecule has 0 saturated carbocycles. The highest BCUT2D eigenvalue weighted by molar-refractivity contribution is 7.99. The van der Waals surface area contributed by atoms with Crippen molar-refractivity contribution in [2.45, 2.75) is 12.1 Å². The fraction of sp³-hybridized carbons (Fsp3) is 0.250. The van der Waals surface area contributed by atoms with Gasteiger partial charge in [-0.05, 0) is 19.1 Å². The highest BCUT2D eigenvalue weighted by Gasteiger charge is 2.13. The molecule has 3 N–H and O–H groups in total. The third-order valence-corrected chi connectivity index (χ3v) is 4.33. The van der Waals surface area contributed by atoms with Gasteiger partial charge in [-0.2, -0.15) is 0 Å². The SMILES string of the molecule is Cc1nnc(SCC(=O)Nc2c(Cl)cc(N)cc2Cl)n1C. The van der Waals surface area contributed by atoms with Crippen molar-refractivity contribution in [1.82, 2.24) is 14.8 Å². The standard InChI is InChI=1S/C12H13Cl2N5OS/c1-6-17-18-12(19(6)2)21-5-10(20)16-11-8(13)3-7(15)4-9(11)14/h3-4H,5,15H2,1-2H3,(H,16,20). The number of halogens is 2. The highest BCUT2D eigenvalue weighted by Crippen LogP contribution is 2.33. The Morgan fingerprint density at radius 3 is 2.52 bits per heavy atom. The number of hydrogen-bond acceptors (Lipinski definition) is 5. The minimum absolute atomic E-state index is 0.170. The molecule has 0 atom stereocenters. The summed E-state index contributed by atoms with van der Waals surface area (Å²) in [6, 6.07) is 3.06. The van der Waals surface area contributed by atoms with Crippen LogP contribution in [0.4, 0.5) is 11.4 Å². The summed E-state index contributed by atoms with van der Waals surface area (Å²) in [6.07, 6.45) is 0. The van der Waals surface area contributed by atoms with Crippen molar-refractivity contribution in [2.75, 3.05) is 16.8 Å². The first-order valence-electron chi connectivity index (χ1n) is 5.91. The molecule has 9 heteroatoms. The molecule has 0 fully saturated rings. The third-order valence-electron chi connectivity index (χ3n) is 2.71. The lowest BCUT2D eigenvalue weighted by molar-refractivity contribution is -0.113. The van der Waals surface area contributed by atoms with E-state index in [0.717, 1.165) is 5.82 Å². The molecule has 112 valence electrons. The van der Waals surface area contributed by atoms with Crippen LogP contribution < -0.4 is 11.1 Å². The van der Waals surface area contributed by atoms with Gasteiger partial charge in [0.1, 0.15) is 5.82 Å². The number of thioether (sulfide) groups is 1. The van der Waals surface area contributed by atoms with Gasteiger partial charge in [0.25, 0.3) is 0 Å². The van der Waals surface area contributed by atoms with Gasteiger partial charge in [0.2, 0.25) is 5.91 Å². The predicted molar refractivity (Wildman–Crippen MR) is 86.0 cm³/mol. The molecule has 0 radical (unpaired) electrons. The van der Waals surface area contributed by atoms with Crippen molar-refractivity contribution in [3.8, 4) is 0 Å². The second-order valence-corrected chi connectivity index (χ2v) is 6.04. The van der Waals surface area contributed by atoms with E-state index in [4.69, 9.17) is 28.9 Å². The van der Waals surface area contributed by atoms with E-state index in [1.165, 1.54) is 23.9 Å². The number of nitrogens with one attached hydrogen (secondary N) is 1. The van der Waals surface area contributed by atoms with Crippen molar-refractivity contribution < 1.29 is 4.79 Å². The molecule has 0 aliphatic carbocycles. The molecular weight excluding hydrogens is 333 g/mol. The maximum Gasteiger partial charge on any atom is 0.234 e. The topological polar surface area (TPSA) is 85.8 Å². The van der Waals surface area contributed by atoms with Crippen LogP contribution in [0.15, 0.2) is 17.3 Å². The molecule has 0 aliphatic heterocycles. The van der Waals surface area contributed by atoms with Crippen molar-refractivity contribution in [3.63, 3.8) is 0 Å². The van der Waals surface area contributed by atoms with E-state index in [2.05, 4.69) is 15.5 Å². The van der Waals surface area contributed by atoms with Gasteiger partial charge in [-0.15, -0.1) is 10.2 Å². The number of amides is 1. The molecule has 2 rings (SSSR count). The summed E-state index contributed by atoms with van der Waals surface area (Å²) in [6.45, 7) is 1.84. The number of nitrogen functional groups attached to an aromatic ring is 1. The van der Waals surface area contributed by atoms with Crippen LogP contribution in [0.3, 0.4) is 0 Å². The predicted octanol–water partition coefficient (Wildman–Crippen LogP) is 2.74. The van der Waals surface area contributed by atoms with Crippen LogP contribution in [0.2, 0.25) is 10.0 Å². The fourth-order valence-corrected chi connectivity index (χ4v) is 2.89. The zero-order valence-corrected chi connectivity index (χ0v) is 13.7. The fourth-order valence-electron chi connectivity index (χ4n) is 1.53. The number of carbonyl (C=O) groups excluding carboxylic acids is 1. The number of carbonyl (C=O) groups is 1. The normalized spacial score (nSPS) is 10.7. The average molecular weight is 346 g/mol. The van der Waals surface area contributed by atoms with Gasteiger partial charge in [-0.3, -0.25) is 4.79 Å². The first-order valence-corrected chi connectivity index (χ1v) is 7.65. The molecule has 21 heavy (non-hydrogen) atoms. The van der Waals surface area contributed by atoms with Gasteiger partial charge < -0.3 is 15.6 Å². The zero-order chi connectivity index (χ0) is 15.6. The van der Waals surface area contributed by atoms with Gasteiger partial charge in [0, 0.05) is 12.7 Å². The maximum atomic E-state index is 12.0. The van der Waals surface area contributed by atoms with Crippen LogP contribution in [0.25, 0.3) is 0 Å². The van der Waals surface area contributed by atoms with Gasteiger partial charge in [0.15, 0.2) is 5.16 Å². The van der Waals surface area contributed by atoms with Gasteiger partial charge in [0.05, 0.1) is 21.5 Å². The Bertz CT molecular complexity index is 665. The summed E-state index contributed by atoms with van der Waals surface area (Å²) < 4.78 is 1.81. The Labute approximate surface area is 136 Å². The third kappa shape index (κ3) is 3.81. The Morgan fingerprint density at radius 1 is 1.38 bits per heavy atom. The molecule has 0 aliphatic rings. The number of aryl methyl sites for hydroxylation is 1. The number of hydrogen-bond donors (Lipinski definition) is 2. The molecule has 0 spiro atoms. The van der Waals surface area contributed by atoms with E-state index < -0.39 is 0 Å². The van der Waals surface area contributed by atoms with Crippen LogP contribution in [0, 0.1) is 6.92 Å². The van der Waals surface area contributed by atoms with Crippen LogP contribution in [-0.4, -0.2) is 26.4 Å². The summed E-state index contributed by atoms with van der Waals surface area (Å²) in [5.41, 5.74) is 6.40. The second-order valence-electron chi connectivity index (χ2n) is 4.29. The van der Waals surface area contributed by atoms with Gasteiger partial charge in [-0.25, -0.2) is 0 Å². The number of rotatable bonds is 4. The van der Waals surface area contributed by atoms with E-state index in [0.29, 0.717) is 26.6 Å². The molecule has 1 amide bonds. The number of anilines is 2. The number of aromatic nitrogens is 3. The summed E-state index contributed by atoms with van der Waals surface area (Å²) >= 11 is 13.3. The smallest absolute Gasteiger partial charge is 0.234 e. The van der Waals surface area contributed by atoms with Crippen LogP contribution in [0.5, 0.6) is 0 Å². The lowest BCUT2D eigenvalue weighted by Gasteiger charge is -2.10. The molecule has 0 unspecified atom stereocenters. The first kappa shape index (κ1) is 15.9. The Kier molecular flexibility index (Phi) is 4.97. The van der Waals surface area contributed by atoms with Crippen LogP contribution in [-0.2, 0) is 11.8 Å². The number of nitrogens with zero attached hydrogens (tertiary/aromatic N) is 3. The molecule has 6 nitrogen and oxygen atoms in total. The summed E-state index contributed by atoms with van der Waals surface area (Å²) in [5.74, 6) is 0.708. The Hall–Kier alpha value is -1.44. The minimum Gasteiger partial charge on any atom is -0.399 e. The van der Waals surface area contributed by atoms with E-state index in [9.17, 15) is 4.79 Å². The summed E-state index contributed by atoms with van der Waals surface area (Å²) in [5, 5.41) is 11.8. The Morgan fingerprint density at radius 2 is 2.00 bits per heavy atom. The van der Waals surface area contributed by atoms with E-state index in [1.807, 2.05) is 14.0 Å². The summed E-state index contributed by atoms with van der Waals surface area (Å²) in [4.78, 5) is 12.0. The van der Waals surface area contributed by atoms with Gasteiger partial charge in [-0.1, -0.05) is 35.0 Å². The number of nitrogens with two attached hydrogens (primary N) is 1. The van der Waals surface area contributed by atoms with Crippen molar-refractivity contribution in [1.29, 1.82) is 0 Å². The molecular formula is C12H13Cl2N5OS. The molecule has 0 bridgehead atoms. The van der Waals surface area contributed by atoms with E-state index in [1.54, 1.807) is 4.57 Å². The molecule has 2 aromatic rings. The largest absolute Gasteiger partial charge is 0.399 e. The van der Waals surface area contributed by atoms with E-state index >= 15 is 0 Å². The number of benzene rings is 1. The van der Waals surface area contributed by atoms with Crippen LogP contribution >= 0.6 is 35.0 Å². The molecule has 1 heterocycles. The van der Waals surface area contributed by atoms with Crippen LogP contribution in [0.1, 0.15) is 5.82 Å². The molecule has 0 saturated heterocycles. The van der Waals surface area contributed by atoms with E-state index in [-0.39, 0.29) is 11.7 Å². The second kappa shape index (κ2) is 6.55. The Balaban J connectivity index is 2.01. The lowest BCUT2D eigenvalue weighted by atomic mass is 10.3. The maximum absolute atomic E-state index is 12.0. The molecule has 1 aromatic carbocycles.